The second-order valence-electron chi connectivity index (χ2n) is 10.6. The van der Waals surface area contributed by atoms with Crippen molar-refractivity contribution in [3.63, 3.8) is 0 Å². The Hall–Kier alpha value is -2.91. The predicted molar refractivity (Wildman–Crippen MR) is 120 cm³/mol. The minimum Gasteiger partial charge on any atom is -0.481 e. The molecule has 1 atom stereocenters. The van der Waals surface area contributed by atoms with Crippen LogP contribution in [0.15, 0.2) is 18.2 Å². The number of alkyl halides is 9. The van der Waals surface area contributed by atoms with Crippen LogP contribution in [0.4, 0.5) is 50.0 Å². The molecule has 3 aliphatic rings. The molecule has 3 heterocycles. The molecule has 1 spiro atoms. The number of likely N-dealkylation sites (tertiary alicyclic amines) is 2. The fourth-order valence-corrected chi connectivity index (χ4v) is 5.55. The van der Waals surface area contributed by atoms with Crippen molar-refractivity contribution in [2.75, 3.05) is 44.2 Å². The molecule has 4 rings (SSSR count). The number of hydrogen-bond acceptors (Lipinski definition) is 5. The summed E-state index contributed by atoms with van der Waals surface area (Å²) in [5.41, 5.74) is -0.605. The molecule has 3 fully saturated rings. The largest absolute Gasteiger partial charge is 0.481 e. The lowest BCUT2D eigenvalue weighted by Gasteiger charge is -2.54. The second kappa shape index (κ2) is 10.5. The van der Waals surface area contributed by atoms with E-state index in [-0.39, 0.29) is 50.1 Å². The van der Waals surface area contributed by atoms with Crippen LogP contribution >= 0.6 is 0 Å². The minimum absolute atomic E-state index is 0.0918. The first kappa shape index (κ1) is 30.1. The van der Waals surface area contributed by atoms with E-state index in [9.17, 15) is 54.2 Å². The van der Waals surface area contributed by atoms with Gasteiger partial charge >= 0.3 is 30.6 Å². The lowest BCUT2D eigenvalue weighted by Crippen LogP contribution is -2.60. The Morgan fingerprint density at radius 3 is 2.05 bits per heavy atom. The molecule has 1 amide bonds. The van der Waals surface area contributed by atoms with Crippen molar-refractivity contribution >= 4 is 17.7 Å². The average molecular weight is 591 g/mol. The van der Waals surface area contributed by atoms with E-state index >= 15 is 0 Å². The number of hydrogen-bond donors (Lipinski definition) is 1. The third-order valence-corrected chi connectivity index (χ3v) is 7.63. The van der Waals surface area contributed by atoms with Gasteiger partial charge in [-0.3, -0.25) is 9.69 Å². The fraction of sp³-hybridized carbons (Fsp3) is 0.667. The van der Waals surface area contributed by atoms with Gasteiger partial charge < -0.3 is 19.6 Å². The van der Waals surface area contributed by atoms with Crippen molar-refractivity contribution in [3.8, 4) is 0 Å². The number of benzene rings is 1. The van der Waals surface area contributed by atoms with Crippen LogP contribution < -0.4 is 4.90 Å². The molecule has 40 heavy (non-hydrogen) atoms. The fourth-order valence-electron chi connectivity index (χ4n) is 5.55. The zero-order valence-corrected chi connectivity index (χ0v) is 20.9. The molecule has 0 aliphatic carbocycles. The Bertz CT molecular complexity index is 1090. The Morgan fingerprint density at radius 2 is 1.55 bits per heavy atom. The number of nitrogens with zero attached hydrogens (tertiary/aromatic N) is 3. The highest BCUT2D eigenvalue weighted by atomic mass is 19.4. The van der Waals surface area contributed by atoms with Gasteiger partial charge in [0.2, 0.25) is 0 Å². The minimum atomic E-state index is -5.81. The number of carbonyl (C=O) groups excluding carboxylic acids is 1. The number of rotatable bonds is 5. The smallest absolute Gasteiger partial charge is 0.434 e. The van der Waals surface area contributed by atoms with Crippen molar-refractivity contribution in [3.05, 3.63) is 29.3 Å². The van der Waals surface area contributed by atoms with E-state index in [1.807, 2.05) is 4.90 Å². The van der Waals surface area contributed by atoms with Gasteiger partial charge in [0, 0.05) is 51.5 Å². The molecule has 1 unspecified atom stereocenters. The second-order valence-corrected chi connectivity index (χ2v) is 10.6. The van der Waals surface area contributed by atoms with Crippen LogP contribution in [0.1, 0.15) is 30.4 Å². The molecular formula is C24H26F9N3O4. The predicted octanol–water partition coefficient (Wildman–Crippen LogP) is 5.14. The number of aliphatic carboxylic acids is 1. The van der Waals surface area contributed by atoms with Gasteiger partial charge in [0.25, 0.3) is 6.10 Å². The number of carbonyl (C=O) groups is 2. The quantitative estimate of drug-likeness (QED) is 0.478. The molecule has 224 valence electrons. The first-order chi connectivity index (χ1) is 18.4. The monoisotopic (exact) mass is 591 g/mol. The number of amides is 1. The molecule has 0 saturated carbocycles. The van der Waals surface area contributed by atoms with Crippen molar-refractivity contribution < 1.29 is 58.9 Å². The topological polar surface area (TPSA) is 73.3 Å². The third kappa shape index (κ3) is 6.69. The molecule has 0 radical (unpaired) electrons. The Balaban J connectivity index is 1.35. The third-order valence-electron chi connectivity index (χ3n) is 7.63. The highest BCUT2D eigenvalue weighted by Gasteiger charge is 2.60. The van der Waals surface area contributed by atoms with Crippen LogP contribution in [0, 0.1) is 11.3 Å². The zero-order valence-electron chi connectivity index (χ0n) is 20.9. The van der Waals surface area contributed by atoms with Crippen LogP contribution in [0.5, 0.6) is 0 Å². The van der Waals surface area contributed by atoms with Gasteiger partial charge in [-0.2, -0.15) is 39.5 Å². The highest BCUT2D eigenvalue weighted by molar-refractivity contribution is 5.72. The van der Waals surface area contributed by atoms with E-state index in [4.69, 9.17) is 0 Å². The first-order valence-electron chi connectivity index (χ1n) is 12.4. The summed E-state index contributed by atoms with van der Waals surface area (Å²) in [7, 11) is 0. The molecule has 1 aromatic rings. The average Bonchev–Trinajstić information content (AvgIpc) is 3.30. The molecule has 7 nitrogen and oxygen atoms in total. The molecule has 16 heteroatoms. The van der Waals surface area contributed by atoms with Gasteiger partial charge in [-0.25, -0.2) is 4.79 Å². The molecule has 3 saturated heterocycles. The summed E-state index contributed by atoms with van der Waals surface area (Å²) in [6, 6.07) is 3.60. The van der Waals surface area contributed by atoms with Crippen molar-refractivity contribution in [2.24, 2.45) is 11.3 Å². The molecule has 1 aromatic carbocycles. The number of carboxylic acids is 1. The van der Waals surface area contributed by atoms with Gasteiger partial charge in [0.1, 0.15) is 0 Å². The highest BCUT2D eigenvalue weighted by Crippen LogP contribution is 2.43. The maximum absolute atomic E-state index is 13.6. The zero-order chi connectivity index (χ0) is 29.7. The summed E-state index contributed by atoms with van der Waals surface area (Å²) in [4.78, 5) is 27.5. The SMILES string of the molecule is O=C(O)C1CCN(c2cc(CN3CC4(CCN(C(=O)OC(C(F)(F)F)C(F)(F)F)CC4)C3)cc(C(F)(F)F)c2)C1. The van der Waals surface area contributed by atoms with Gasteiger partial charge in [-0.05, 0) is 48.4 Å². The van der Waals surface area contributed by atoms with E-state index < -0.39 is 48.2 Å². The summed E-state index contributed by atoms with van der Waals surface area (Å²) in [5, 5.41) is 9.21. The van der Waals surface area contributed by atoms with Crippen LogP contribution in [0.3, 0.4) is 0 Å². The summed E-state index contributed by atoms with van der Waals surface area (Å²) < 4.78 is 121. The van der Waals surface area contributed by atoms with Crippen LogP contribution in [0.2, 0.25) is 0 Å². The number of carboxylic acid groups (broad SMARTS) is 1. The van der Waals surface area contributed by atoms with Gasteiger partial charge in [-0.15, -0.1) is 0 Å². The standard InChI is InChI=1S/C24H26F9N3O4/c25-22(26,27)16-7-14(8-17(9-16)36-4-1-15(11-36)18(37)38)10-34-12-21(13-34)2-5-35(6-3-21)20(39)40-19(23(28,29)30)24(31,32)33/h7-9,15,19H,1-6,10-13H2,(H,37,38). The van der Waals surface area contributed by atoms with Crippen LogP contribution in [-0.2, 0) is 22.3 Å². The number of halogens is 9. The van der Waals surface area contributed by atoms with Crippen molar-refractivity contribution in [2.45, 2.75) is 50.4 Å². The normalized spacial score (nSPS) is 22.1. The lowest BCUT2D eigenvalue weighted by molar-refractivity contribution is -0.308. The molecule has 0 bridgehead atoms. The van der Waals surface area contributed by atoms with Crippen molar-refractivity contribution in [1.29, 1.82) is 0 Å². The molecule has 1 N–H and O–H groups in total. The molecule has 3 aliphatic heterocycles. The Morgan fingerprint density at radius 1 is 0.950 bits per heavy atom. The molecular weight excluding hydrogens is 565 g/mol. The molecule has 0 aromatic heterocycles. The number of ether oxygens (including phenoxy) is 1. The lowest BCUT2D eigenvalue weighted by atomic mass is 9.72. The Labute approximate surface area is 222 Å². The number of piperidine rings is 1. The van der Waals surface area contributed by atoms with E-state index in [0.717, 1.165) is 17.0 Å². The van der Waals surface area contributed by atoms with Gasteiger partial charge in [0.05, 0.1) is 11.5 Å². The van der Waals surface area contributed by atoms with Gasteiger partial charge in [0.15, 0.2) is 0 Å². The van der Waals surface area contributed by atoms with E-state index in [2.05, 4.69) is 4.74 Å². The van der Waals surface area contributed by atoms with E-state index in [1.165, 1.54) is 0 Å². The van der Waals surface area contributed by atoms with Crippen LogP contribution in [0.25, 0.3) is 0 Å². The van der Waals surface area contributed by atoms with Crippen molar-refractivity contribution in [1.82, 2.24) is 9.80 Å². The van der Waals surface area contributed by atoms with Gasteiger partial charge in [-0.1, -0.05) is 0 Å². The maximum atomic E-state index is 13.6. The summed E-state index contributed by atoms with van der Waals surface area (Å²) >= 11 is 0. The Kier molecular flexibility index (Phi) is 7.88. The summed E-state index contributed by atoms with van der Waals surface area (Å²) in [5.74, 6) is -1.69. The summed E-state index contributed by atoms with van der Waals surface area (Å²) in [6.45, 7) is 1.13. The number of anilines is 1. The first-order valence-corrected chi connectivity index (χ1v) is 12.4. The van der Waals surface area contributed by atoms with E-state index in [1.54, 1.807) is 11.0 Å². The summed E-state index contributed by atoms with van der Waals surface area (Å²) in [6.07, 6.45) is -21.3. The van der Waals surface area contributed by atoms with Crippen LogP contribution in [-0.4, -0.2) is 84.7 Å². The van der Waals surface area contributed by atoms with E-state index in [0.29, 0.717) is 31.6 Å². The maximum Gasteiger partial charge on any atom is 0.434 e.